The smallest absolute Gasteiger partial charge is 0.209 e. The molecule has 0 spiro atoms. The highest BCUT2D eigenvalue weighted by Gasteiger charge is 2.09. The number of nitrogens with zero attached hydrogens (tertiary/aromatic N) is 5. The number of fused-ring (bicyclic) bond motifs is 1. The Labute approximate surface area is 162 Å². The van der Waals surface area contributed by atoms with Gasteiger partial charge in [0, 0.05) is 43.3 Å². The average molecular weight is 369 g/mol. The normalized spacial score (nSPS) is 10.6. The minimum absolute atomic E-state index is 0.545. The van der Waals surface area contributed by atoms with Crippen molar-refractivity contribution in [2.24, 2.45) is 0 Å². The first-order chi connectivity index (χ1) is 13.7. The first-order valence-corrected chi connectivity index (χ1v) is 8.98. The molecule has 2 N–H and O–H groups in total. The van der Waals surface area contributed by atoms with Crippen molar-refractivity contribution in [2.45, 2.75) is 6.92 Å². The van der Waals surface area contributed by atoms with Gasteiger partial charge in [-0.05, 0) is 24.6 Å². The molecule has 0 fully saturated rings. The van der Waals surface area contributed by atoms with Crippen LogP contribution in [0.2, 0.25) is 0 Å². The van der Waals surface area contributed by atoms with E-state index in [4.69, 9.17) is 10.2 Å². The Hall–Kier alpha value is -3.92. The van der Waals surface area contributed by atoms with E-state index in [1.54, 1.807) is 24.5 Å². The predicted octanol–water partition coefficient (Wildman–Crippen LogP) is 3.50. The zero-order valence-corrected chi connectivity index (χ0v) is 15.4. The summed E-state index contributed by atoms with van der Waals surface area (Å²) < 4.78 is 1.93. The van der Waals surface area contributed by atoms with Gasteiger partial charge in [0.25, 0.3) is 0 Å². The first-order valence-electron chi connectivity index (χ1n) is 8.98. The zero-order valence-electron chi connectivity index (χ0n) is 15.4. The van der Waals surface area contributed by atoms with Crippen molar-refractivity contribution in [1.82, 2.24) is 19.4 Å². The number of hydrogen-bond donors (Lipinski definition) is 2. The van der Waals surface area contributed by atoms with Crippen molar-refractivity contribution in [3.63, 3.8) is 0 Å². The Morgan fingerprint density at radius 2 is 1.93 bits per heavy atom. The van der Waals surface area contributed by atoms with Crippen molar-refractivity contribution in [3.8, 4) is 17.3 Å². The molecule has 3 aromatic heterocycles. The number of rotatable bonds is 6. The van der Waals surface area contributed by atoms with Crippen LogP contribution in [0, 0.1) is 18.3 Å². The van der Waals surface area contributed by atoms with Gasteiger partial charge >= 0.3 is 0 Å². The molecule has 4 rings (SSSR count). The van der Waals surface area contributed by atoms with Crippen LogP contribution in [0.3, 0.4) is 0 Å². The molecule has 0 saturated carbocycles. The number of anilines is 2. The van der Waals surface area contributed by atoms with E-state index in [0.29, 0.717) is 18.7 Å². The van der Waals surface area contributed by atoms with Crippen molar-refractivity contribution in [1.29, 1.82) is 5.26 Å². The van der Waals surface area contributed by atoms with Gasteiger partial charge < -0.3 is 10.6 Å². The van der Waals surface area contributed by atoms with E-state index >= 15 is 0 Å². The van der Waals surface area contributed by atoms with E-state index in [1.807, 2.05) is 28.8 Å². The van der Waals surface area contributed by atoms with Crippen LogP contribution in [0.25, 0.3) is 16.9 Å². The highest BCUT2D eigenvalue weighted by molar-refractivity contribution is 5.68. The molecule has 0 aliphatic heterocycles. The minimum Gasteiger partial charge on any atom is -0.368 e. The Morgan fingerprint density at radius 1 is 1.07 bits per heavy atom. The molecule has 1 aromatic carbocycles. The average Bonchev–Trinajstić information content (AvgIpc) is 3.21. The van der Waals surface area contributed by atoms with Crippen molar-refractivity contribution in [2.75, 3.05) is 23.7 Å². The van der Waals surface area contributed by atoms with Gasteiger partial charge in [-0.25, -0.2) is 15.0 Å². The van der Waals surface area contributed by atoms with Crippen LogP contribution in [0.15, 0.2) is 61.1 Å². The summed E-state index contributed by atoms with van der Waals surface area (Å²) in [4.78, 5) is 13.4. The van der Waals surface area contributed by atoms with E-state index in [0.717, 1.165) is 28.7 Å². The van der Waals surface area contributed by atoms with Gasteiger partial charge in [0.15, 0.2) is 0 Å². The molecular formula is C21H19N7. The molecule has 7 heteroatoms. The summed E-state index contributed by atoms with van der Waals surface area (Å²) in [5, 5.41) is 15.4. The lowest BCUT2D eigenvalue weighted by Gasteiger charge is -2.12. The fourth-order valence-electron chi connectivity index (χ4n) is 2.98. The maximum Gasteiger partial charge on any atom is 0.209 e. The molecule has 0 aliphatic rings. The van der Waals surface area contributed by atoms with Crippen LogP contribution < -0.4 is 10.6 Å². The van der Waals surface area contributed by atoms with Crippen LogP contribution >= 0.6 is 0 Å². The molecule has 4 aromatic rings. The largest absolute Gasteiger partial charge is 0.368 e. The number of benzene rings is 1. The van der Waals surface area contributed by atoms with E-state index in [9.17, 15) is 0 Å². The Kier molecular flexibility index (Phi) is 4.85. The Balaban J connectivity index is 1.49. The second-order valence-electron chi connectivity index (χ2n) is 6.33. The highest BCUT2D eigenvalue weighted by Crippen LogP contribution is 2.24. The molecule has 0 atom stereocenters. The van der Waals surface area contributed by atoms with Gasteiger partial charge in [-0.1, -0.05) is 24.3 Å². The van der Waals surface area contributed by atoms with Crippen LogP contribution in [-0.4, -0.2) is 32.4 Å². The lowest BCUT2D eigenvalue weighted by Crippen LogP contribution is -2.17. The van der Waals surface area contributed by atoms with Gasteiger partial charge in [-0.3, -0.25) is 4.40 Å². The summed E-state index contributed by atoms with van der Waals surface area (Å²) in [6.45, 7) is 3.39. The lowest BCUT2D eigenvalue weighted by atomic mass is 10.1. The van der Waals surface area contributed by atoms with Crippen LogP contribution in [0.4, 0.5) is 11.8 Å². The molecule has 0 aliphatic carbocycles. The maximum absolute atomic E-state index is 8.82. The first kappa shape index (κ1) is 17.5. The van der Waals surface area contributed by atoms with Crippen molar-refractivity contribution < 1.29 is 0 Å². The fraction of sp³-hybridized carbons (Fsp3) is 0.143. The number of aryl methyl sites for hydroxylation is 1. The molecule has 0 bridgehead atoms. The molecular weight excluding hydrogens is 350 g/mol. The zero-order chi connectivity index (χ0) is 19.3. The molecule has 7 nitrogen and oxygen atoms in total. The number of hydrogen-bond acceptors (Lipinski definition) is 6. The minimum atomic E-state index is 0.545. The number of imidazole rings is 1. The summed E-state index contributed by atoms with van der Waals surface area (Å²) in [7, 11) is 0. The second-order valence-corrected chi connectivity index (χ2v) is 6.33. The van der Waals surface area contributed by atoms with Crippen molar-refractivity contribution >= 4 is 17.4 Å². The van der Waals surface area contributed by atoms with Crippen LogP contribution in [0.1, 0.15) is 11.1 Å². The quantitative estimate of drug-likeness (QED) is 0.506. The van der Waals surface area contributed by atoms with Gasteiger partial charge in [0.1, 0.15) is 17.5 Å². The number of aromatic nitrogens is 4. The molecule has 0 radical (unpaired) electrons. The topological polar surface area (TPSA) is 90.9 Å². The van der Waals surface area contributed by atoms with Crippen molar-refractivity contribution in [3.05, 3.63) is 72.2 Å². The van der Waals surface area contributed by atoms with Gasteiger partial charge in [-0.15, -0.1) is 0 Å². The molecule has 0 unspecified atom stereocenters. The van der Waals surface area contributed by atoms with E-state index < -0.39 is 0 Å². The summed E-state index contributed by atoms with van der Waals surface area (Å²) in [6.07, 6.45) is 5.21. The summed E-state index contributed by atoms with van der Waals surface area (Å²) in [6, 6.07) is 15.8. The van der Waals surface area contributed by atoms with Gasteiger partial charge in [0.05, 0.1) is 11.3 Å². The standard InChI is InChI=1S/C21H19N7/c1-15-4-2-3-5-17(15)18-12-20-24-10-11-28(20)21(27-18)25-9-8-23-19-7-6-16(13-22)14-26-19/h2-7,10-12,14H,8-9H2,1H3,(H,23,26)(H,25,27). The molecule has 138 valence electrons. The van der Waals surface area contributed by atoms with E-state index in [-0.39, 0.29) is 0 Å². The third kappa shape index (κ3) is 3.62. The number of nitrogens with one attached hydrogen (secondary N) is 2. The second kappa shape index (κ2) is 7.76. The van der Waals surface area contributed by atoms with Crippen LogP contribution in [-0.2, 0) is 0 Å². The SMILES string of the molecule is Cc1ccccc1-c1cc2nccn2c(NCCNc2ccc(C#N)cn2)n1. The van der Waals surface area contributed by atoms with Crippen LogP contribution in [0.5, 0.6) is 0 Å². The molecule has 0 saturated heterocycles. The number of nitriles is 1. The Morgan fingerprint density at radius 3 is 2.71 bits per heavy atom. The Bertz CT molecular complexity index is 1140. The molecule has 3 heterocycles. The third-order valence-electron chi connectivity index (χ3n) is 4.42. The predicted molar refractivity (Wildman–Crippen MR) is 109 cm³/mol. The maximum atomic E-state index is 8.82. The monoisotopic (exact) mass is 369 g/mol. The lowest BCUT2D eigenvalue weighted by molar-refractivity contribution is 0.994. The fourth-order valence-corrected chi connectivity index (χ4v) is 2.98. The van der Waals surface area contributed by atoms with E-state index in [2.05, 4.69) is 45.7 Å². The summed E-state index contributed by atoms with van der Waals surface area (Å²) in [5.41, 5.74) is 4.54. The summed E-state index contributed by atoms with van der Waals surface area (Å²) >= 11 is 0. The third-order valence-corrected chi connectivity index (χ3v) is 4.42. The molecule has 0 amide bonds. The highest BCUT2D eigenvalue weighted by atomic mass is 15.2. The number of pyridine rings is 1. The summed E-state index contributed by atoms with van der Waals surface area (Å²) in [5.74, 6) is 1.47. The van der Waals surface area contributed by atoms with Gasteiger partial charge in [0.2, 0.25) is 5.95 Å². The molecule has 28 heavy (non-hydrogen) atoms. The van der Waals surface area contributed by atoms with E-state index in [1.165, 1.54) is 5.56 Å². The van der Waals surface area contributed by atoms with Gasteiger partial charge in [-0.2, -0.15) is 5.26 Å².